The van der Waals surface area contributed by atoms with Crippen LogP contribution in [0.3, 0.4) is 0 Å². The van der Waals surface area contributed by atoms with Crippen LogP contribution >= 0.6 is 0 Å². The summed E-state index contributed by atoms with van der Waals surface area (Å²) in [6.07, 6.45) is 2.63. The molecule has 0 fully saturated rings. The second-order valence-electron chi connectivity index (χ2n) is 5.96. The van der Waals surface area contributed by atoms with Gasteiger partial charge in [0.2, 0.25) is 0 Å². The van der Waals surface area contributed by atoms with E-state index in [-0.39, 0.29) is 10.6 Å². The number of nitro benzene ring substituents is 1. The molecule has 0 radical (unpaired) electrons. The maximum atomic E-state index is 11.2. The summed E-state index contributed by atoms with van der Waals surface area (Å²) in [5, 5.41) is 15.1. The Balaban J connectivity index is 1.83. The van der Waals surface area contributed by atoms with Gasteiger partial charge in [-0.2, -0.15) is 0 Å². The Morgan fingerprint density at radius 1 is 1.12 bits per heavy atom. The van der Waals surface area contributed by atoms with Crippen molar-refractivity contribution in [3.05, 3.63) is 76.0 Å². The number of pyridine rings is 1. The summed E-state index contributed by atoms with van der Waals surface area (Å²) in [5.41, 5.74) is 3.70. The molecule has 1 N–H and O–H groups in total. The maximum absolute atomic E-state index is 11.2. The Morgan fingerprint density at radius 2 is 1.92 bits per heavy atom. The number of rotatable bonds is 8. The zero-order valence-corrected chi connectivity index (χ0v) is 14.6. The molecule has 3 aromatic rings. The molecule has 0 bridgehead atoms. The number of ether oxygens (including phenoxy) is 1. The van der Waals surface area contributed by atoms with Crippen molar-refractivity contribution in [3.63, 3.8) is 0 Å². The first-order chi connectivity index (χ1) is 12.7. The molecule has 1 heterocycles. The van der Waals surface area contributed by atoms with Crippen LogP contribution in [0.1, 0.15) is 24.5 Å². The minimum Gasteiger partial charge on any atom is -0.379 e. The largest absolute Gasteiger partial charge is 0.379 e. The zero-order valence-electron chi connectivity index (χ0n) is 14.6. The predicted molar refractivity (Wildman–Crippen MR) is 102 cm³/mol. The van der Waals surface area contributed by atoms with E-state index >= 15 is 0 Å². The lowest BCUT2D eigenvalue weighted by molar-refractivity contribution is -0.383. The third-order valence-corrected chi connectivity index (χ3v) is 4.14. The molecule has 0 amide bonds. The summed E-state index contributed by atoms with van der Waals surface area (Å²) in [6.45, 7) is 3.99. The van der Waals surface area contributed by atoms with Gasteiger partial charge in [-0.15, -0.1) is 0 Å². The Morgan fingerprint density at radius 3 is 2.69 bits per heavy atom. The van der Waals surface area contributed by atoms with Crippen LogP contribution in [0, 0.1) is 10.1 Å². The van der Waals surface area contributed by atoms with E-state index in [1.54, 1.807) is 24.4 Å². The smallest absolute Gasteiger partial charge is 0.278 e. The number of hydrogen-bond donors (Lipinski definition) is 1. The molecule has 1 aromatic heterocycles. The number of anilines is 1. The van der Waals surface area contributed by atoms with Gasteiger partial charge in [-0.25, -0.2) is 0 Å². The Hall–Kier alpha value is -2.99. The quantitative estimate of drug-likeness (QED) is 0.362. The van der Waals surface area contributed by atoms with E-state index in [1.165, 1.54) is 6.07 Å². The molecule has 6 nitrogen and oxygen atoms in total. The molecule has 0 spiro atoms. The van der Waals surface area contributed by atoms with Gasteiger partial charge in [0.1, 0.15) is 5.52 Å². The lowest BCUT2D eigenvalue weighted by atomic mass is 10.1. The van der Waals surface area contributed by atoms with Crippen molar-refractivity contribution in [3.8, 4) is 0 Å². The Kier molecular flexibility index (Phi) is 5.76. The summed E-state index contributed by atoms with van der Waals surface area (Å²) in [7, 11) is 0. The van der Waals surface area contributed by atoms with Crippen LogP contribution in [0.25, 0.3) is 10.9 Å². The number of nitrogens with zero attached hydrogens (tertiary/aromatic N) is 2. The van der Waals surface area contributed by atoms with E-state index < -0.39 is 0 Å². The zero-order chi connectivity index (χ0) is 18.4. The number of nitro groups is 1. The van der Waals surface area contributed by atoms with Gasteiger partial charge in [-0.05, 0) is 35.7 Å². The average Bonchev–Trinajstić information content (AvgIpc) is 2.67. The monoisotopic (exact) mass is 351 g/mol. The highest BCUT2D eigenvalue weighted by atomic mass is 16.6. The van der Waals surface area contributed by atoms with Crippen molar-refractivity contribution in [2.75, 3.05) is 11.9 Å². The van der Waals surface area contributed by atoms with Crippen LogP contribution in [0.15, 0.2) is 54.7 Å². The highest BCUT2D eigenvalue weighted by molar-refractivity contribution is 5.96. The van der Waals surface area contributed by atoms with Gasteiger partial charge in [0.25, 0.3) is 5.69 Å². The molecule has 0 unspecified atom stereocenters. The first-order valence-corrected chi connectivity index (χ1v) is 8.61. The third-order valence-electron chi connectivity index (χ3n) is 4.14. The van der Waals surface area contributed by atoms with E-state index in [2.05, 4.69) is 29.4 Å². The molecule has 0 atom stereocenters. The summed E-state index contributed by atoms with van der Waals surface area (Å²) >= 11 is 0. The van der Waals surface area contributed by atoms with E-state index in [4.69, 9.17) is 4.74 Å². The lowest BCUT2D eigenvalue weighted by Gasteiger charge is -2.13. The number of hydrogen-bond acceptors (Lipinski definition) is 5. The Bertz CT molecular complexity index is 912. The molecule has 0 saturated carbocycles. The molecular formula is C20H21N3O3. The fraction of sp³-hybridized carbons (Fsp3) is 0.250. The molecule has 2 aromatic carbocycles. The lowest BCUT2D eigenvalue weighted by Crippen LogP contribution is -2.05. The fourth-order valence-corrected chi connectivity index (χ4v) is 2.85. The second kappa shape index (κ2) is 8.40. The summed E-state index contributed by atoms with van der Waals surface area (Å²) < 4.78 is 5.66. The van der Waals surface area contributed by atoms with E-state index in [9.17, 15) is 10.1 Å². The molecule has 0 aliphatic carbocycles. The van der Waals surface area contributed by atoms with Crippen molar-refractivity contribution in [2.24, 2.45) is 0 Å². The number of non-ortho nitro benzene ring substituents is 1. The van der Waals surface area contributed by atoms with Gasteiger partial charge < -0.3 is 10.1 Å². The SMILES string of the molecule is CCCOCc1ccccc1CNc1ccc([N+](=O)[O-])c2cccnc12. The van der Waals surface area contributed by atoms with Crippen LogP contribution in [-0.4, -0.2) is 16.5 Å². The normalized spacial score (nSPS) is 10.8. The Labute approximate surface area is 152 Å². The highest BCUT2D eigenvalue weighted by Crippen LogP contribution is 2.30. The van der Waals surface area contributed by atoms with Gasteiger partial charge in [0.05, 0.1) is 22.6 Å². The van der Waals surface area contributed by atoms with E-state index in [0.29, 0.717) is 24.1 Å². The summed E-state index contributed by atoms with van der Waals surface area (Å²) in [6, 6.07) is 14.8. The molecule has 26 heavy (non-hydrogen) atoms. The van der Waals surface area contributed by atoms with Crippen molar-refractivity contribution in [1.29, 1.82) is 0 Å². The first-order valence-electron chi connectivity index (χ1n) is 8.61. The molecule has 0 aliphatic rings. The molecule has 134 valence electrons. The summed E-state index contributed by atoms with van der Waals surface area (Å²) in [4.78, 5) is 15.2. The van der Waals surface area contributed by atoms with Crippen molar-refractivity contribution < 1.29 is 9.66 Å². The first kappa shape index (κ1) is 17.8. The van der Waals surface area contributed by atoms with Gasteiger partial charge >= 0.3 is 0 Å². The van der Waals surface area contributed by atoms with E-state index in [1.807, 2.05) is 12.1 Å². The van der Waals surface area contributed by atoms with Gasteiger partial charge in [-0.1, -0.05) is 31.2 Å². The third kappa shape index (κ3) is 3.97. The minimum absolute atomic E-state index is 0.0621. The topological polar surface area (TPSA) is 77.3 Å². The van der Waals surface area contributed by atoms with Crippen molar-refractivity contribution in [2.45, 2.75) is 26.5 Å². The number of benzene rings is 2. The molecule has 3 rings (SSSR count). The van der Waals surface area contributed by atoms with Crippen molar-refractivity contribution in [1.82, 2.24) is 4.98 Å². The van der Waals surface area contributed by atoms with Gasteiger partial charge in [-0.3, -0.25) is 15.1 Å². The van der Waals surface area contributed by atoms with Crippen molar-refractivity contribution >= 4 is 22.3 Å². The van der Waals surface area contributed by atoms with Gasteiger partial charge in [0.15, 0.2) is 0 Å². The summed E-state index contributed by atoms with van der Waals surface area (Å²) in [5.74, 6) is 0. The number of aromatic nitrogens is 1. The molecule has 6 heteroatoms. The number of fused-ring (bicyclic) bond motifs is 1. The highest BCUT2D eigenvalue weighted by Gasteiger charge is 2.15. The van der Waals surface area contributed by atoms with Crippen LogP contribution in [-0.2, 0) is 17.9 Å². The van der Waals surface area contributed by atoms with Crippen LogP contribution in [0.2, 0.25) is 0 Å². The molecular weight excluding hydrogens is 330 g/mol. The molecule has 0 saturated heterocycles. The number of nitrogens with one attached hydrogen (secondary N) is 1. The van der Waals surface area contributed by atoms with Crippen LogP contribution < -0.4 is 5.32 Å². The minimum atomic E-state index is -0.381. The average molecular weight is 351 g/mol. The van der Waals surface area contributed by atoms with E-state index in [0.717, 1.165) is 29.8 Å². The van der Waals surface area contributed by atoms with Crippen LogP contribution in [0.4, 0.5) is 11.4 Å². The fourth-order valence-electron chi connectivity index (χ4n) is 2.85. The standard InChI is InChI=1S/C20H21N3O3/c1-2-12-26-14-16-7-4-3-6-15(16)13-22-18-9-10-19(23(24)25)17-8-5-11-21-20(17)18/h3-11,22H,2,12-14H2,1H3. The van der Waals surface area contributed by atoms with Gasteiger partial charge in [0, 0.05) is 25.4 Å². The predicted octanol–water partition coefficient (Wildman–Crippen LogP) is 4.68. The molecule has 0 aliphatic heterocycles. The second-order valence-corrected chi connectivity index (χ2v) is 5.96. The van der Waals surface area contributed by atoms with Crippen LogP contribution in [0.5, 0.6) is 0 Å². The maximum Gasteiger partial charge on any atom is 0.278 e.